The zero-order chi connectivity index (χ0) is 47.8. The average molecular weight is 923 g/mol. The molecular weight excluding hydrogens is 828 g/mol. The number of hydrogen-bond donors (Lipinski definition) is 2. The number of nitrogens with one attached hydrogen (secondary N) is 1. The topological polar surface area (TPSA) is 108 Å². The minimum atomic E-state index is -4.62. The summed E-state index contributed by atoms with van der Waals surface area (Å²) in [5.74, 6) is -0.249. The Bertz CT molecular complexity index is 1460. The van der Waals surface area contributed by atoms with Crippen LogP contribution in [0.1, 0.15) is 174 Å². The van der Waals surface area contributed by atoms with Gasteiger partial charge in [-0.15, -0.1) is 0 Å². The van der Waals surface area contributed by atoms with E-state index in [0.717, 1.165) is 83.5 Å². The molecule has 2 N–H and O–H groups in total. The maximum atomic E-state index is 12.9. The van der Waals surface area contributed by atoms with Crippen LogP contribution in [0.3, 0.4) is 0 Å². The molecule has 0 bridgehead atoms. The first-order valence-corrected chi connectivity index (χ1v) is 26.9. The van der Waals surface area contributed by atoms with Crippen molar-refractivity contribution in [1.82, 2.24) is 5.32 Å². The minimum absolute atomic E-state index is 0.0232. The molecule has 0 spiro atoms. The molecule has 0 saturated carbocycles. The van der Waals surface area contributed by atoms with E-state index >= 15 is 0 Å². The quantitative estimate of drug-likeness (QED) is 0.0273. The van der Waals surface area contributed by atoms with Gasteiger partial charge in [0, 0.05) is 6.42 Å². The fraction of sp³-hybridized carbons (Fsp3) is 0.625. The Hall–Kier alpha value is -3.10. The molecule has 8 nitrogen and oxygen atoms in total. The summed E-state index contributed by atoms with van der Waals surface area (Å²) >= 11 is 0. The van der Waals surface area contributed by atoms with Gasteiger partial charge in [-0.25, -0.2) is 0 Å². The SMILES string of the molecule is CC/C=C\C/C=C\C/C=C\C/C=C\C/C=C\C/C=C\C/C=C\CCCCCC(=O)NC(COP(=O)([O-])OCC[N+](C)(C)C)C(O)/C=C/CC/C=C/CC/C=C/CCCCCCCCCC. The highest BCUT2D eigenvalue weighted by molar-refractivity contribution is 7.45. The number of aliphatic hydroxyl groups is 1. The number of carbonyl (C=O) groups excluding carboxylic acids is 1. The number of phosphoric ester groups is 1. The van der Waals surface area contributed by atoms with Crippen molar-refractivity contribution < 1.29 is 32.9 Å². The van der Waals surface area contributed by atoms with E-state index in [2.05, 4.69) is 129 Å². The maximum Gasteiger partial charge on any atom is 0.268 e. The first kappa shape index (κ1) is 61.9. The number of unbranched alkanes of at least 4 members (excludes halogenated alkanes) is 13. The van der Waals surface area contributed by atoms with Crippen LogP contribution in [-0.2, 0) is 18.4 Å². The highest BCUT2D eigenvalue weighted by atomic mass is 31.2. The van der Waals surface area contributed by atoms with Crippen LogP contribution < -0.4 is 10.2 Å². The maximum absolute atomic E-state index is 12.9. The normalized spacial score (nSPS) is 15.1. The Morgan fingerprint density at radius 2 is 0.954 bits per heavy atom. The molecule has 370 valence electrons. The molecule has 0 aliphatic carbocycles. The summed E-state index contributed by atoms with van der Waals surface area (Å²) in [4.78, 5) is 25.4. The summed E-state index contributed by atoms with van der Waals surface area (Å²) in [6.07, 6.45) is 68.3. The van der Waals surface area contributed by atoms with Gasteiger partial charge in [0.15, 0.2) is 0 Å². The van der Waals surface area contributed by atoms with E-state index in [1.165, 1.54) is 57.8 Å². The van der Waals surface area contributed by atoms with Crippen molar-refractivity contribution in [3.63, 3.8) is 0 Å². The van der Waals surface area contributed by atoms with Crippen LogP contribution >= 0.6 is 7.82 Å². The number of nitrogens with zero attached hydrogens (tertiary/aromatic N) is 1. The van der Waals surface area contributed by atoms with Gasteiger partial charge in [-0.3, -0.25) is 9.36 Å². The number of allylic oxidation sites excluding steroid dienone is 19. The molecule has 3 atom stereocenters. The van der Waals surface area contributed by atoms with Gasteiger partial charge in [-0.1, -0.05) is 187 Å². The Morgan fingerprint density at radius 3 is 1.43 bits per heavy atom. The fourth-order valence-electron chi connectivity index (χ4n) is 6.40. The summed E-state index contributed by atoms with van der Waals surface area (Å²) in [7, 11) is 1.19. The molecule has 65 heavy (non-hydrogen) atoms. The smallest absolute Gasteiger partial charge is 0.268 e. The number of quaternary nitrogens is 1. The van der Waals surface area contributed by atoms with Crippen molar-refractivity contribution in [2.45, 2.75) is 187 Å². The monoisotopic (exact) mass is 923 g/mol. The predicted molar refractivity (Wildman–Crippen MR) is 279 cm³/mol. The molecule has 9 heteroatoms. The third-order valence-corrected chi connectivity index (χ3v) is 11.3. The fourth-order valence-corrected chi connectivity index (χ4v) is 7.12. The predicted octanol–water partition coefficient (Wildman–Crippen LogP) is 14.4. The van der Waals surface area contributed by atoms with Crippen LogP contribution in [0.15, 0.2) is 122 Å². The van der Waals surface area contributed by atoms with E-state index in [4.69, 9.17) is 9.05 Å². The summed E-state index contributed by atoms with van der Waals surface area (Å²) < 4.78 is 23.2. The zero-order valence-electron chi connectivity index (χ0n) is 41.9. The average Bonchev–Trinajstić information content (AvgIpc) is 3.26. The van der Waals surface area contributed by atoms with Gasteiger partial charge in [0.1, 0.15) is 13.2 Å². The molecule has 0 heterocycles. The lowest BCUT2D eigenvalue weighted by molar-refractivity contribution is -0.870. The second-order valence-corrected chi connectivity index (χ2v) is 19.2. The number of hydrogen-bond acceptors (Lipinski definition) is 6. The van der Waals surface area contributed by atoms with Crippen molar-refractivity contribution in [2.75, 3.05) is 40.9 Å². The molecule has 0 aromatic carbocycles. The van der Waals surface area contributed by atoms with Crippen LogP contribution in [0, 0.1) is 0 Å². The lowest BCUT2D eigenvalue weighted by atomic mass is 10.1. The van der Waals surface area contributed by atoms with Crippen LogP contribution in [0.5, 0.6) is 0 Å². The molecule has 0 saturated heterocycles. The molecule has 0 aliphatic rings. The number of carbonyl (C=O) groups is 1. The van der Waals surface area contributed by atoms with Gasteiger partial charge in [0.25, 0.3) is 7.82 Å². The first-order valence-electron chi connectivity index (χ1n) is 25.4. The molecule has 3 unspecified atom stereocenters. The zero-order valence-corrected chi connectivity index (χ0v) is 42.8. The number of rotatable bonds is 44. The van der Waals surface area contributed by atoms with Crippen LogP contribution in [0.25, 0.3) is 0 Å². The second kappa shape index (κ2) is 46.0. The van der Waals surface area contributed by atoms with Crippen molar-refractivity contribution >= 4 is 13.7 Å². The van der Waals surface area contributed by atoms with E-state index in [0.29, 0.717) is 23.9 Å². The van der Waals surface area contributed by atoms with Crippen molar-refractivity contribution in [2.24, 2.45) is 0 Å². The molecule has 1 amide bonds. The van der Waals surface area contributed by atoms with Crippen molar-refractivity contribution in [3.8, 4) is 0 Å². The standard InChI is InChI=1S/C56H95N2O6P/c1-6-8-10-12-14-16-18-20-22-24-26-27-28-29-30-31-32-34-36-38-40-42-44-46-48-50-56(60)57-54(53-64-65(61,62)63-52-51-58(3,4)5)55(59)49-47-45-43-41-39-37-35-33-25-23-21-19-17-15-13-11-9-7-2/h8,10,14,16,20,22,25-27,29-30,32-34,38-41,47,49,54-55,59H,6-7,9,11-13,15,17-19,21,23-24,28,31,35-37,42-46,48,50-53H2,1-5H3,(H-,57,60,61,62)/b10-8-,16-14-,22-20-,27-26-,30-29-,33-25+,34-32-,40-38-,41-39+,49-47+. The molecule has 0 aromatic rings. The summed E-state index contributed by atoms with van der Waals surface area (Å²) in [5.41, 5.74) is 0. The summed E-state index contributed by atoms with van der Waals surface area (Å²) in [6, 6.07) is -0.937. The van der Waals surface area contributed by atoms with Gasteiger partial charge in [-0.2, -0.15) is 0 Å². The van der Waals surface area contributed by atoms with E-state index < -0.39 is 26.6 Å². The van der Waals surface area contributed by atoms with Gasteiger partial charge in [-0.05, 0) is 103 Å². The molecule has 0 rings (SSSR count). The van der Waals surface area contributed by atoms with Gasteiger partial charge in [0.2, 0.25) is 5.91 Å². The molecule has 0 aliphatic heterocycles. The van der Waals surface area contributed by atoms with Crippen LogP contribution in [0.2, 0.25) is 0 Å². The molecule has 0 fully saturated rings. The number of phosphoric acid groups is 1. The Kier molecular flexibility index (Phi) is 43.8. The number of likely N-dealkylation sites (N-methyl/N-ethyl adjacent to an activating group) is 1. The van der Waals surface area contributed by atoms with Crippen molar-refractivity contribution in [3.05, 3.63) is 122 Å². The van der Waals surface area contributed by atoms with E-state index in [1.807, 2.05) is 27.2 Å². The van der Waals surface area contributed by atoms with Gasteiger partial charge >= 0.3 is 0 Å². The Labute approximate surface area is 399 Å². The summed E-state index contributed by atoms with van der Waals surface area (Å²) in [6.45, 7) is 4.45. The summed E-state index contributed by atoms with van der Waals surface area (Å²) in [5, 5.41) is 13.8. The highest BCUT2D eigenvalue weighted by Crippen LogP contribution is 2.38. The number of amides is 1. The molecule has 0 radical (unpaired) electrons. The van der Waals surface area contributed by atoms with E-state index in [1.54, 1.807) is 6.08 Å². The third-order valence-electron chi connectivity index (χ3n) is 10.4. The van der Waals surface area contributed by atoms with E-state index in [-0.39, 0.29) is 18.9 Å². The van der Waals surface area contributed by atoms with Crippen molar-refractivity contribution in [1.29, 1.82) is 0 Å². The van der Waals surface area contributed by atoms with Gasteiger partial charge < -0.3 is 28.8 Å². The lowest BCUT2D eigenvalue weighted by Gasteiger charge is -2.29. The minimum Gasteiger partial charge on any atom is -0.756 e. The Balaban J connectivity index is 4.50. The molecular formula is C56H95N2O6P. The molecule has 0 aromatic heterocycles. The second-order valence-electron chi connectivity index (χ2n) is 17.8. The third kappa shape index (κ3) is 48.6. The lowest BCUT2D eigenvalue weighted by Crippen LogP contribution is -2.45. The van der Waals surface area contributed by atoms with E-state index in [9.17, 15) is 19.4 Å². The Morgan fingerprint density at radius 1 is 0.554 bits per heavy atom. The highest BCUT2D eigenvalue weighted by Gasteiger charge is 2.23. The van der Waals surface area contributed by atoms with Crippen LogP contribution in [0.4, 0.5) is 0 Å². The largest absolute Gasteiger partial charge is 0.756 e. The number of aliphatic hydroxyl groups excluding tert-OH is 1. The first-order chi connectivity index (χ1) is 31.5. The van der Waals surface area contributed by atoms with Crippen LogP contribution in [-0.4, -0.2) is 68.5 Å². The van der Waals surface area contributed by atoms with Gasteiger partial charge in [0.05, 0.1) is 39.9 Å².